The van der Waals surface area contributed by atoms with Crippen LogP contribution in [0.3, 0.4) is 0 Å². The van der Waals surface area contributed by atoms with Crippen molar-refractivity contribution in [3.8, 4) is 0 Å². The predicted molar refractivity (Wildman–Crippen MR) is 79.8 cm³/mol. The van der Waals surface area contributed by atoms with Gasteiger partial charge in [-0.2, -0.15) is 0 Å². The fourth-order valence-electron chi connectivity index (χ4n) is 2.26. The number of halogens is 1. The highest BCUT2D eigenvalue weighted by atomic mass is 35.5. The number of nitrogen functional groups attached to an aromatic ring is 1. The van der Waals surface area contributed by atoms with E-state index in [4.69, 9.17) is 22.2 Å². The molecule has 1 aromatic rings. The van der Waals surface area contributed by atoms with Crippen LogP contribution in [0, 0.1) is 5.41 Å². The first kappa shape index (κ1) is 15.1. The Balaban J connectivity index is 2.03. The average Bonchev–Trinajstić information content (AvgIpc) is 2.45. The van der Waals surface area contributed by atoms with Gasteiger partial charge in [0.1, 0.15) is 0 Å². The van der Waals surface area contributed by atoms with Crippen molar-refractivity contribution in [2.24, 2.45) is 11.3 Å². The maximum Gasteiger partial charge on any atom is 0.253 e. The minimum atomic E-state index is -0.173. The van der Waals surface area contributed by atoms with Crippen LogP contribution in [0.1, 0.15) is 30.1 Å². The highest BCUT2D eigenvalue weighted by molar-refractivity contribution is 6.31. The molecule has 2 rings (SSSR count). The molecule has 0 radical (unpaired) electrons. The van der Waals surface area contributed by atoms with E-state index < -0.39 is 0 Å². The van der Waals surface area contributed by atoms with Gasteiger partial charge >= 0.3 is 0 Å². The summed E-state index contributed by atoms with van der Waals surface area (Å²) in [6, 6.07) is 4.99. The number of hydrazine groups is 1. The van der Waals surface area contributed by atoms with E-state index in [2.05, 4.69) is 17.7 Å². The molecule has 6 heteroatoms. The molecule has 1 saturated heterocycles. The molecule has 0 saturated carbocycles. The number of anilines is 1. The number of rotatable bonds is 4. The Morgan fingerprint density at radius 2 is 2.15 bits per heavy atom. The second-order valence-corrected chi connectivity index (χ2v) is 5.88. The Bertz CT molecular complexity index is 487. The van der Waals surface area contributed by atoms with Crippen molar-refractivity contribution in [3.05, 3.63) is 28.8 Å². The van der Waals surface area contributed by atoms with Gasteiger partial charge in [-0.3, -0.25) is 10.6 Å². The van der Waals surface area contributed by atoms with E-state index in [9.17, 15) is 4.79 Å². The minimum Gasteiger partial charge on any atom is -0.381 e. The molecule has 1 aliphatic heterocycles. The van der Waals surface area contributed by atoms with Crippen LogP contribution >= 0.6 is 11.6 Å². The van der Waals surface area contributed by atoms with Crippen molar-refractivity contribution in [2.45, 2.75) is 19.8 Å². The summed E-state index contributed by atoms with van der Waals surface area (Å²) in [5.74, 6) is 5.24. The van der Waals surface area contributed by atoms with Gasteiger partial charge < -0.3 is 15.5 Å². The highest BCUT2D eigenvalue weighted by Crippen LogP contribution is 2.29. The number of hydrogen-bond donors (Lipinski definition) is 3. The Morgan fingerprint density at radius 1 is 1.45 bits per heavy atom. The number of hydrogen-bond acceptors (Lipinski definition) is 4. The van der Waals surface area contributed by atoms with Crippen LogP contribution in [-0.4, -0.2) is 25.7 Å². The van der Waals surface area contributed by atoms with E-state index in [1.54, 1.807) is 18.2 Å². The largest absolute Gasteiger partial charge is 0.381 e. The van der Waals surface area contributed by atoms with Crippen molar-refractivity contribution in [1.82, 2.24) is 5.32 Å². The molecule has 4 N–H and O–H groups in total. The first-order chi connectivity index (χ1) is 9.54. The van der Waals surface area contributed by atoms with Gasteiger partial charge in [0.05, 0.1) is 11.3 Å². The molecule has 0 aliphatic carbocycles. The van der Waals surface area contributed by atoms with Crippen molar-refractivity contribution in [3.63, 3.8) is 0 Å². The fourth-order valence-corrected chi connectivity index (χ4v) is 2.43. The number of carbonyl (C=O) groups is 1. The van der Waals surface area contributed by atoms with Gasteiger partial charge in [-0.05, 0) is 36.5 Å². The summed E-state index contributed by atoms with van der Waals surface area (Å²) >= 11 is 5.93. The molecule has 0 atom stereocenters. The van der Waals surface area contributed by atoms with Crippen LogP contribution in [-0.2, 0) is 4.74 Å². The lowest BCUT2D eigenvalue weighted by Gasteiger charge is -2.33. The fraction of sp³-hybridized carbons (Fsp3) is 0.500. The Kier molecular flexibility index (Phi) is 4.86. The summed E-state index contributed by atoms with van der Waals surface area (Å²) < 4.78 is 5.35. The topological polar surface area (TPSA) is 76.4 Å². The van der Waals surface area contributed by atoms with Crippen LogP contribution in [0.15, 0.2) is 18.2 Å². The second-order valence-electron chi connectivity index (χ2n) is 5.44. The summed E-state index contributed by atoms with van der Waals surface area (Å²) in [6.07, 6.45) is 1.90. The monoisotopic (exact) mass is 297 g/mol. The maximum atomic E-state index is 12.3. The maximum absolute atomic E-state index is 12.3. The minimum absolute atomic E-state index is 0.0861. The lowest BCUT2D eigenvalue weighted by molar-refractivity contribution is 0.0238. The van der Waals surface area contributed by atoms with Crippen LogP contribution in [0.2, 0.25) is 5.02 Å². The molecular formula is C14H20ClN3O2. The van der Waals surface area contributed by atoms with Crippen LogP contribution in [0.4, 0.5) is 5.69 Å². The summed E-state index contributed by atoms with van der Waals surface area (Å²) in [5, 5.41) is 3.47. The third kappa shape index (κ3) is 3.62. The van der Waals surface area contributed by atoms with E-state index in [-0.39, 0.29) is 11.3 Å². The van der Waals surface area contributed by atoms with E-state index in [1.165, 1.54) is 0 Å². The second kappa shape index (κ2) is 6.43. The van der Waals surface area contributed by atoms with Gasteiger partial charge in [-0.25, -0.2) is 0 Å². The summed E-state index contributed by atoms with van der Waals surface area (Å²) in [5.41, 5.74) is 3.61. The van der Waals surface area contributed by atoms with Gasteiger partial charge in [-0.1, -0.05) is 18.5 Å². The third-order valence-electron chi connectivity index (χ3n) is 3.76. The standard InChI is InChI=1S/C14H20ClN3O2/c1-14(4-6-20-7-5-14)9-17-13(19)11-8-10(15)2-3-12(11)18-16/h2-3,8,18H,4-7,9,16H2,1H3,(H,17,19). The predicted octanol–water partition coefficient (Wildman–Crippen LogP) is 2.17. The molecule has 110 valence electrons. The van der Waals surface area contributed by atoms with Gasteiger partial charge in [0, 0.05) is 24.8 Å². The van der Waals surface area contributed by atoms with Crippen molar-refractivity contribution >= 4 is 23.2 Å². The lowest BCUT2D eigenvalue weighted by atomic mass is 9.82. The molecule has 1 fully saturated rings. The number of ether oxygens (including phenoxy) is 1. The number of carbonyl (C=O) groups excluding carboxylic acids is 1. The van der Waals surface area contributed by atoms with Gasteiger partial charge in [-0.15, -0.1) is 0 Å². The van der Waals surface area contributed by atoms with E-state index in [0.29, 0.717) is 22.8 Å². The molecule has 5 nitrogen and oxygen atoms in total. The van der Waals surface area contributed by atoms with Crippen molar-refractivity contribution < 1.29 is 9.53 Å². The Morgan fingerprint density at radius 3 is 2.80 bits per heavy atom. The van der Waals surface area contributed by atoms with Crippen molar-refractivity contribution in [1.29, 1.82) is 0 Å². The molecule has 1 heterocycles. The summed E-state index contributed by atoms with van der Waals surface area (Å²) in [4.78, 5) is 12.3. The summed E-state index contributed by atoms with van der Waals surface area (Å²) in [7, 11) is 0. The smallest absolute Gasteiger partial charge is 0.253 e. The highest BCUT2D eigenvalue weighted by Gasteiger charge is 2.28. The average molecular weight is 298 g/mol. The van der Waals surface area contributed by atoms with E-state index >= 15 is 0 Å². The first-order valence-electron chi connectivity index (χ1n) is 6.66. The molecule has 1 amide bonds. The van der Waals surface area contributed by atoms with Crippen LogP contribution in [0.25, 0.3) is 0 Å². The number of nitrogens with two attached hydrogens (primary N) is 1. The zero-order valence-electron chi connectivity index (χ0n) is 11.5. The first-order valence-corrected chi connectivity index (χ1v) is 7.04. The SMILES string of the molecule is CC1(CNC(=O)c2cc(Cl)ccc2NN)CCOCC1. The molecule has 1 aromatic carbocycles. The lowest BCUT2D eigenvalue weighted by Crippen LogP contribution is -2.39. The van der Waals surface area contributed by atoms with Gasteiger partial charge in [0.2, 0.25) is 0 Å². The molecule has 0 aromatic heterocycles. The quantitative estimate of drug-likeness (QED) is 0.588. The zero-order valence-corrected chi connectivity index (χ0v) is 12.3. The third-order valence-corrected chi connectivity index (χ3v) is 3.99. The molecule has 0 spiro atoms. The Hall–Kier alpha value is -1.30. The number of amides is 1. The molecule has 0 unspecified atom stereocenters. The van der Waals surface area contributed by atoms with Crippen LogP contribution < -0.4 is 16.6 Å². The van der Waals surface area contributed by atoms with E-state index in [0.717, 1.165) is 26.1 Å². The molecule has 1 aliphatic rings. The van der Waals surface area contributed by atoms with Crippen molar-refractivity contribution in [2.75, 3.05) is 25.2 Å². The summed E-state index contributed by atoms with van der Waals surface area (Å²) in [6.45, 7) is 4.28. The van der Waals surface area contributed by atoms with Gasteiger partial charge in [0.15, 0.2) is 0 Å². The molecule has 0 bridgehead atoms. The van der Waals surface area contributed by atoms with Gasteiger partial charge in [0.25, 0.3) is 5.91 Å². The molecular weight excluding hydrogens is 278 g/mol. The molecule has 20 heavy (non-hydrogen) atoms. The number of nitrogens with one attached hydrogen (secondary N) is 2. The normalized spacial score (nSPS) is 17.6. The Labute approximate surface area is 123 Å². The number of benzene rings is 1. The zero-order chi connectivity index (χ0) is 14.6. The van der Waals surface area contributed by atoms with Crippen LogP contribution in [0.5, 0.6) is 0 Å². The van der Waals surface area contributed by atoms with E-state index in [1.807, 2.05) is 0 Å².